The first-order chi connectivity index (χ1) is 12.5. The zero-order valence-electron chi connectivity index (χ0n) is 14.3. The van der Waals surface area contributed by atoms with Gasteiger partial charge < -0.3 is 14.2 Å². The molecule has 0 spiro atoms. The van der Waals surface area contributed by atoms with E-state index < -0.39 is 12.4 Å². The summed E-state index contributed by atoms with van der Waals surface area (Å²) in [6, 6.07) is 12.6. The molecule has 3 nitrogen and oxygen atoms in total. The monoisotopic (exact) mass is 362 g/mol. The number of methoxy groups -OCH3 is 1. The summed E-state index contributed by atoms with van der Waals surface area (Å²) in [5.41, 5.74) is 0.388. The molecule has 136 valence electrons. The number of fused-ring (bicyclic) bond motifs is 1. The molecule has 0 saturated heterocycles. The van der Waals surface area contributed by atoms with Gasteiger partial charge in [-0.2, -0.15) is 8.78 Å². The third-order valence-electron chi connectivity index (χ3n) is 3.92. The summed E-state index contributed by atoms with van der Waals surface area (Å²) in [5, 5.41) is 0.710. The Hall–Kier alpha value is -2.89. The molecular formula is C20H17F3O3. The highest BCUT2D eigenvalue weighted by Gasteiger charge is 2.19. The minimum atomic E-state index is -3.07. The first-order valence-corrected chi connectivity index (χ1v) is 8.01. The van der Waals surface area contributed by atoms with Crippen molar-refractivity contribution in [1.29, 1.82) is 0 Å². The lowest BCUT2D eigenvalue weighted by molar-refractivity contribution is -0.0494. The summed E-state index contributed by atoms with van der Waals surface area (Å²) < 4.78 is 56.0. The molecule has 0 aliphatic heterocycles. The van der Waals surface area contributed by atoms with Gasteiger partial charge in [-0.15, -0.1) is 0 Å². The Morgan fingerprint density at radius 2 is 1.65 bits per heavy atom. The van der Waals surface area contributed by atoms with Crippen molar-refractivity contribution in [2.75, 3.05) is 13.7 Å². The van der Waals surface area contributed by atoms with E-state index >= 15 is 4.39 Å². The van der Waals surface area contributed by atoms with Crippen LogP contribution in [0.3, 0.4) is 0 Å². The second-order valence-electron chi connectivity index (χ2n) is 5.49. The van der Waals surface area contributed by atoms with Crippen LogP contribution in [0.1, 0.15) is 6.92 Å². The van der Waals surface area contributed by atoms with Crippen LogP contribution in [0.25, 0.3) is 21.9 Å². The quantitative estimate of drug-likeness (QED) is 0.567. The van der Waals surface area contributed by atoms with Crippen molar-refractivity contribution in [2.45, 2.75) is 13.5 Å². The van der Waals surface area contributed by atoms with E-state index in [1.165, 1.54) is 13.2 Å². The van der Waals surface area contributed by atoms with Crippen LogP contribution in [0.15, 0.2) is 48.5 Å². The van der Waals surface area contributed by atoms with E-state index in [1.54, 1.807) is 42.5 Å². The number of rotatable bonds is 6. The van der Waals surface area contributed by atoms with Gasteiger partial charge in [0.05, 0.1) is 19.3 Å². The predicted molar refractivity (Wildman–Crippen MR) is 93.7 cm³/mol. The van der Waals surface area contributed by atoms with Crippen LogP contribution in [0.4, 0.5) is 13.2 Å². The van der Waals surface area contributed by atoms with Crippen molar-refractivity contribution >= 4 is 10.8 Å². The summed E-state index contributed by atoms with van der Waals surface area (Å²) in [4.78, 5) is 0. The maximum atomic E-state index is 15.2. The molecule has 0 heterocycles. The number of hydrogen-bond acceptors (Lipinski definition) is 3. The van der Waals surface area contributed by atoms with Gasteiger partial charge >= 0.3 is 6.61 Å². The highest BCUT2D eigenvalue weighted by Crippen LogP contribution is 2.39. The molecule has 0 aliphatic rings. The smallest absolute Gasteiger partial charge is 0.387 e. The second-order valence-corrected chi connectivity index (χ2v) is 5.49. The van der Waals surface area contributed by atoms with E-state index in [0.717, 1.165) is 0 Å². The molecule has 0 radical (unpaired) electrons. The molecule has 0 amide bonds. The molecule has 0 unspecified atom stereocenters. The fraction of sp³-hybridized carbons (Fsp3) is 0.200. The number of halogens is 3. The van der Waals surface area contributed by atoms with Crippen LogP contribution in [-0.2, 0) is 0 Å². The Balaban J connectivity index is 2.21. The van der Waals surface area contributed by atoms with Gasteiger partial charge in [-0.1, -0.05) is 12.1 Å². The van der Waals surface area contributed by atoms with Crippen molar-refractivity contribution in [1.82, 2.24) is 0 Å². The van der Waals surface area contributed by atoms with Gasteiger partial charge in [0.2, 0.25) is 0 Å². The highest BCUT2D eigenvalue weighted by molar-refractivity contribution is 5.92. The Morgan fingerprint density at radius 1 is 0.962 bits per heavy atom. The van der Waals surface area contributed by atoms with Crippen LogP contribution < -0.4 is 14.2 Å². The van der Waals surface area contributed by atoms with Gasteiger partial charge in [-0.05, 0) is 54.3 Å². The minimum absolute atomic E-state index is 0.0235. The van der Waals surface area contributed by atoms with Crippen LogP contribution >= 0.6 is 0 Å². The Labute approximate surface area is 148 Å². The molecule has 3 aromatic carbocycles. The van der Waals surface area contributed by atoms with E-state index in [2.05, 4.69) is 4.74 Å². The summed E-state index contributed by atoms with van der Waals surface area (Å²) in [5.74, 6) is 0.238. The summed E-state index contributed by atoms with van der Waals surface area (Å²) in [7, 11) is 1.51. The average Bonchev–Trinajstić information content (AvgIpc) is 2.62. The van der Waals surface area contributed by atoms with Crippen molar-refractivity contribution in [3.8, 4) is 28.4 Å². The Morgan fingerprint density at radius 3 is 2.27 bits per heavy atom. The summed E-state index contributed by atoms with van der Waals surface area (Å²) in [6.07, 6.45) is 0. The van der Waals surface area contributed by atoms with Gasteiger partial charge in [0, 0.05) is 5.39 Å². The SMILES string of the molecule is CCOc1ccc2c(F)c(-c3ccc(OC)cc3)c(OC(F)F)cc2c1. The fourth-order valence-corrected chi connectivity index (χ4v) is 2.79. The molecule has 0 bridgehead atoms. The molecule has 0 atom stereocenters. The predicted octanol–water partition coefficient (Wildman–Crippen LogP) is 5.65. The minimum Gasteiger partial charge on any atom is -0.497 e. The molecule has 0 fully saturated rings. The van der Waals surface area contributed by atoms with E-state index in [9.17, 15) is 8.78 Å². The van der Waals surface area contributed by atoms with E-state index in [-0.39, 0.29) is 11.3 Å². The fourth-order valence-electron chi connectivity index (χ4n) is 2.79. The van der Waals surface area contributed by atoms with Gasteiger partial charge in [0.25, 0.3) is 0 Å². The summed E-state index contributed by atoms with van der Waals surface area (Å²) in [6.45, 7) is -0.805. The Kier molecular flexibility index (Phi) is 5.21. The van der Waals surface area contributed by atoms with Crippen LogP contribution in [0.5, 0.6) is 17.2 Å². The lowest BCUT2D eigenvalue weighted by Gasteiger charge is -2.15. The van der Waals surface area contributed by atoms with E-state index in [0.29, 0.717) is 34.4 Å². The van der Waals surface area contributed by atoms with Crippen LogP contribution in [-0.4, -0.2) is 20.3 Å². The standard InChI is InChI=1S/C20H17F3O3/c1-3-25-15-8-9-16-13(10-15)11-17(26-20(22)23)18(19(16)21)12-4-6-14(24-2)7-5-12/h4-11,20H,3H2,1-2H3. The number of ether oxygens (including phenoxy) is 3. The molecular weight excluding hydrogens is 345 g/mol. The summed E-state index contributed by atoms with van der Waals surface area (Å²) >= 11 is 0. The zero-order chi connectivity index (χ0) is 18.7. The lowest BCUT2D eigenvalue weighted by atomic mass is 9.98. The first-order valence-electron chi connectivity index (χ1n) is 8.01. The maximum absolute atomic E-state index is 15.2. The molecule has 3 aromatic rings. The van der Waals surface area contributed by atoms with Gasteiger partial charge in [-0.3, -0.25) is 0 Å². The van der Waals surface area contributed by atoms with Crippen molar-refractivity contribution in [3.63, 3.8) is 0 Å². The van der Waals surface area contributed by atoms with Crippen molar-refractivity contribution in [2.24, 2.45) is 0 Å². The topological polar surface area (TPSA) is 27.7 Å². The lowest BCUT2D eigenvalue weighted by Crippen LogP contribution is -2.05. The van der Waals surface area contributed by atoms with Gasteiger partial charge in [-0.25, -0.2) is 4.39 Å². The van der Waals surface area contributed by atoms with E-state index in [4.69, 9.17) is 9.47 Å². The van der Waals surface area contributed by atoms with Crippen molar-refractivity contribution < 1.29 is 27.4 Å². The normalized spacial score (nSPS) is 11.0. The van der Waals surface area contributed by atoms with Gasteiger partial charge in [0.15, 0.2) is 0 Å². The third-order valence-corrected chi connectivity index (χ3v) is 3.92. The largest absolute Gasteiger partial charge is 0.497 e. The number of benzene rings is 3. The average molecular weight is 362 g/mol. The second kappa shape index (κ2) is 7.56. The highest BCUT2D eigenvalue weighted by atomic mass is 19.3. The molecule has 0 aromatic heterocycles. The van der Waals surface area contributed by atoms with E-state index in [1.807, 2.05) is 6.92 Å². The molecule has 0 saturated carbocycles. The molecule has 6 heteroatoms. The maximum Gasteiger partial charge on any atom is 0.387 e. The van der Waals surface area contributed by atoms with Crippen molar-refractivity contribution in [3.05, 3.63) is 54.3 Å². The Bertz CT molecular complexity index is 908. The van der Waals surface area contributed by atoms with Gasteiger partial charge in [0.1, 0.15) is 23.1 Å². The first kappa shape index (κ1) is 17.9. The van der Waals surface area contributed by atoms with Crippen LogP contribution in [0, 0.1) is 5.82 Å². The number of alkyl halides is 2. The molecule has 0 N–H and O–H groups in total. The molecule has 0 aliphatic carbocycles. The number of hydrogen-bond donors (Lipinski definition) is 0. The third kappa shape index (κ3) is 3.54. The zero-order valence-corrected chi connectivity index (χ0v) is 14.3. The molecule has 3 rings (SSSR count). The molecule has 26 heavy (non-hydrogen) atoms. The van der Waals surface area contributed by atoms with Crippen LogP contribution in [0.2, 0.25) is 0 Å².